The molecule has 0 unspecified atom stereocenters. The molecule has 3 aromatic rings. The van der Waals surface area contributed by atoms with E-state index in [1.807, 2.05) is 12.3 Å². The number of benzene rings is 1. The Kier molecular flexibility index (Phi) is 6.56. The molecule has 2 N–H and O–H groups in total. The van der Waals surface area contributed by atoms with E-state index in [9.17, 15) is 14.4 Å². The number of carbonyl (C=O) groups excluding carboxylic acids is 2. The molecule has 0 saturated carbocycles. The molecule has 7 nitrogen and oxygen atoms in total. The van der Waals surface area contributed by atoms with Gasteiger partial charge in [-0.1, -0.05) is 19.1 Å². The highest BCUT2D eigenvalue weighted by atomic mass is 32.1. The topological polar surface area (TPSA) is 95.2 Å². The van der Waals surface area contributed by atoms with E-state index in [4.69, 9.17) is 0 Å². The van der Waals surface area contributed by atoms with Crippen LogP contribution in [0, 0.1) is 0 Å². The van der Waals surface area contributed by atoms with E-state index in [0.29, 0.717) is 28.1 Å². The van der Waals surface area contributed by atoms with Crippen molar-refractivity contribution in [1.29, 1.82) is 0 Å². The van der Waals surface area contributed by atoms with Crippen molar-refractivity contribution in [2.24, 2.45) is 0 Å². The molecule has 1 aromatic carbocycles. The molecule has 29 heavy (non-hydrogen) atoms. The Morgan fingerprint density at radius 3 is 2.69 bits per heavy atom. The van der Waals surface area contributed by atoms with Crippen LogP contribution < -0.4 is 10.9 Å². The molecule has 0 aliphatic rings. The van der Waals surface area contributed by atoms with E-state index in [-0.39, 0.29) is 23.9 Å². The van der Waals surface area contributed by atoms with Crippen molar-refractivity contribution < 1.29 is 9.59 Å². The summed E-state index contributed by atoms with van der Waals surface area (Å²) in [6, 6.07) is 8.77. The first kappa shape index (κ1) is 20.5. The fourth-order valence-corrected chi connectivity index (χ4v) is 3.60. The molecule has 2 aromatic heterocycles. The summed E-state index contributed by atoms with van der Waals surface area (Å²) in [4.78, 5) is 45.3. The predicted octanol–water partition coefficient (Wildman–Crippen LogP) is 2.80. The Hall–Kier alpha value is -3.26. The molecule has 0 spiro atoms. The Balaban J connectivity index is 1.73. The Labute approximate surface area is 172 Å². The number of H-pyrrole nitrogens is 1. The first-order chi connectivity index (χ1) is 14.0. The number of rotatable bonds is 7. The highest BCUT2D eigenvalue weighted by Crippen LogP contribution is 2.14. The first-order valence-corrected chi connectivity index (χ1v) is 10.1. The molecule has 150 valence electrons. The third-order valence-electron chi connectivity index (χ3n) is 4.33. The monoisotopic (exact) mass is 410 g/mol. The molecule has 0 aliphatic heterocycles. The average Bonchev–Trinajstić information content (AvgIpc) is 3.21. The van der Waals surface area contributed by atoms with Gasteiger partial charge in [0, 0.05) is 25.2 Å². The highest BCUT2D eigenvalue weighted by Gasteiger charge is 2.13. The SMILES string of the molecule is CCCN(Cc1nc2ccsc2c(=O)[nH]1)C(=O)C=Cc1ccc(C(=O)NC)cc1. The molecule has 2 heterocycles. The quantitative estimate of drug-likeness (QED) is 0.586. The van der Waals surface area contributed by atoms with E-state index < -0.39 is 0 Å². The van der Waals surface area contributed by atoms with Crippen molar-refractivity contribution in [3.8, 4) is 0 Å². The van der Waals surface area contributed by atoms with Crippen LogP contribution in [0.3, 0.4) is 0 Å². The molecule has 0 radical (unpaired) electrons. The molecule has 0 bridgehead atoms. The number of aromatic amines is 1. The van der Waals surface area contributed by atoms with Crippen LogP contribution in [0.5, 0.6) is 0 Å². The minimum absolute atomic E-state index is 0.158. The van der Waals surface area contributed by atoms with E-state index in [1.165, 1.54) is 17.4 Å². The zero-order valence-corrected chi connectivity index (χ0v) is 17.1. The summed E-state index contributed by atoms with van der Waals surface area (Å²) >= 11 is 1.34. The normalized spacial score (nSPS) is 11.1. The molecule has 0 aliphatic carbocycles. The lowest BCUT2D eigenvalue weighted by atomic mass is 10.1. The third-order valence-corrected chi connectivity index (χ3v) is 5.23. The smallest absolute Gasteiger partial charge is 0.268 e. The fourth-order valence-electron chi connectivity index (χ4n) is 2.88. The fraction of sp³-hybridized carbons (Fsp3) is 0.238. The van der Waals surface area contributed by atoms with Crippen molar-refractivity contribution in [3.05, 3.63) is 69.1 Å². The summed E-state index contributed by atoms with van der Waals surface area (Å²) in [6.07, 6.45) is 3.98. The number of nitrogens with zero attached hydrogens (tertiary/aromatic N) is 2. The van der Waals surface area contributed by atoms with E-state index in [2.05, 4.69) is 15.3 Å². The summed E-state index contributed by atoms with van der Waals surface area (Å²) < 4.78 is 0.585. The van der Waals surface area contributed by atoms with Crippen LogP contribution in [0.2, 0.25) is 0 Å². The molecule has 2 amide bonds. The number of hydrogen-bond donors (Lipinski definition) is 2. The van der Waals surface area contributed by atoms with Crippen molar-refractivity contribution in [2.75, 3.05) is 13.6 Å². The molecular weight excluding hydrogens is 388 g/mol. The van der Waals surface area contributed by atoms with Crippen LogP contribution in [0.4, 0.5) is 0 Å². The zero-order chi connectivity index (χ0) is 20.8. The summed E-state index contributed by atoms with van der Waals surface area (Å²) in [5, 5.41) is 4.39. The number of aromatic nitrogens is 2. The lowest BCUT2D eigenvalue weighted by molar-refractivity contribution is -0.126. The largest absolute Gasteiger partial charge is 0.355 e. The van der Waals surface area contributed by atoms with Crippen molar-refractivity contribution >= 4 is 39.4 Å². The van der Waals surface area contributed by atoms with Crippen LogP contribution in [-0.4, -0.2) is 40.3 Å². The van der Waals surface area contributed by atoms with Crippen molar-refractivity contribution in [3.63, 3.8) is 0 Å². The standard InChI is InChI=1S/C21H22N4O3S/c1-3-11-25(13-17-23-16-10-12-29-19(16)21(28)24-17)18(26)9-6-14-4-7-15(8-5-14)20(27)22-2/h4-10,12H,3,11,13H2,1-2H3,(H,22,27)(H,23,24,28). The van der Waals surface area contributed by atoms with Gasteiger partial charge < -0.3 is 15.2 Å². The van der Waals surface area contributed by atoms with Gasteiger partial charge in [0.1, 0.15) is 10.5 Å². The van der Waals surface area contributed by atoms with Gasteiger partial charge in [-0.3, -0.25) is 14.4 Å². The Morgan fingerprint density at radius 1 is 1.24 bits per heavy atom. The predicted molar refractivity (Wildman–Crippen MR) is 115 cm³/mol. The number of nitrogens with one attached hydrogen (secondary N) is 2. The molecule has 3 rings (SSSR count). The Bertz CT molecular complexity index is 1100. The Morgan fingerprint density at radius 2 is 2.00 bits per heavy atom. The number of amides is 2. The van der Waals surface area contributed by atoms with Gasteiger partial charge in [-0.25, -0.2) is 4.98 Å². The number of carbonyl (C=O) groups is 2. The number of thiophene rings is 1. The van der Waals surface area contributed by atoms with Crippen LogP contribution in [0.25, 0.3) is 16.3 Å². The summed E-state index contributed by atoms with van der Waals surface area (Å²) in [6.45, 7) is 2.76. The summed E-state index contributed by atoms with van der Waals surface area (Å²) in [7, 11) is 1.58. The first-order valence-electron chi connectivity index (χ1n) is 9.27. The highest BCUT2D eigenvalue weighted by molar-refractivity contribution is 7.17. The molecule has 0 fully saturated rings. The van der Waals surface area contributed by atoms with Crippen molar-refractivity contribution in [2.45, 2.75) is 19.9 Å². The average molecular weight is 410 g/mol. The number of fused-ring (bicyclic) bond motifs is 1. The van der Waals surface area contributed by atoms with Gasteiger partial charge in [-0.05, 0) is 41.6 Å². The maximum atomic E-state index is 12.7. The van der Waals surface area contributed by atoms with Gasteiger partial charge >= 0.3 is 0 Å². The van der Waals surface area contributed by atoms with Gasteiger partial charge in [0.15, 0.2) is 0 Å². The maximum Gasteiger partial charge on any atom is 0.268 e. The van der Waals surface area contributed by atoms with Gasteiger partial charge in [0.05, 0.1) is 12.1 Å². The minimum Gasteiger partial charge on any atom is -0.355 e. The maximum absolute atomic E-state index is 12.7. The lowest BCUT2D eigenvalue weighted by Gasteiger charge is -2.19. The molecule has 8 heteroatoms. The second-order valence-electron chi connectivity index (χ2n) is 6.44. The van der Waals surface area contributed by atoms with Gasteiger partial charge in [0.25, 0.3) is 11.5 Å². The van der Waals surface area contributed by atoms with Crippen LogP contribution in [-0.2, 0) is 11.3 Å². The van der Waals surface area contributed by atoms with Crippen LogP contribution in [0.15, 0.2) is 46.6 Å². The van der Waals surface area contributed by atoms with Gasteiger partial charge in [-0.15, -0.1) is 11.3 Å². The molecular formula is C21H22N4O3S. The number of hydrogen-bond acceptors (Lipinski definition) is 5. The lowest BCUT2D eigenvalue weighted by Crippen LogP contribution is -2.31. The van der Waals surface area contributed by atoms with Crippen LogP contribution >= 0.6 is 11.3 Å². The molecule has 0 atom stereocenters. The van der Waals surface area contributed by atoms with E-state index in [0.717, 1.165) is 12.0 Å². The van der Waals surface area contributed by atoms with Gasteiger partial charge in [0.2, 0.25) is 5.91 Å². The zero-order valence-electron chi connectivity index (χ0n) is 16.3. The molecule has 0 saturated heterocycles. The van der Waals surface area contributed by atoms with Crippen molar-refractivity contribution in [1.82, 2.24) is 20.2 Å². The van der Waals surface area contributed by atoms with Crippen LogP contribution in [0.1, 0.15) is 35.1 Å². The van der Waals surface area contributed by atoms with E-state index in [1.54, 1.807) is 48.4 Å². The summed E-state index contributed by atoms with van der Waals surface area (Å²) in [5.74, 6) is 0.135. The minimum atomic E-state index is -0.185. The van der Waals surface area contributed by atoms with Gasteiger partial charge in [-0.2, -0.15) is 0 Å². The summed E-state index contributed by atoms with van der Waals surface area (Å²) in [5.41, 5.74) is 1.83. The second-order valence-corrected chi connectivity index (χ2v) is 7.36. The second kappa shape index (κ2) is 9.29. The van der Waals surface area contributed by atoms with E-state index >= 15 is 0 Å². The third kappa shape index (κ3) is 4.97.